The van der Waals surface area contributed by atoms with Gasteiger partial charge in [0.05, 0.1) is 19.8 Å². The van der Waals surface area contributed by atoms with Crippen LogP contribution < -0.4 is 4.74 Å². The number of hydrogen-bond acceptors (Lipinski definition) is 6. The topological polar surface area (TPSA) is 82.1 Å². The first-order chi connectivity index (χ1) is 14.1. The molecule has 0 spiro atoms. The summed E-state index contributed by atoms with van der Waals surface area (Å²) >= 11 is 0. The fourth-order valence-corrected chi connectivity index (χ4v) is 3.14. The van der Waals surface area contributed by atoms with Crippen molar-refractivity contribution in [2.24, 2.45) is 0 Å². The van der Waals surface area contributed by atoms with E-state index in [1.165, 1.54) is 5.56 Å². The maximum atomic E-state index is 11.8. The lowest BCUT2D eigenvalue weighted by molar-refractivity contribution is -0.144. The van der Waals surface area contributed by atoms with Gasteiger partial charge in [0, 0.05) is 19.4 Å². The Bertz CT molecular complexity index is 599. The van der Waals surface area contributed by atoms with Gasteiger partial charge >= 0.3 is 11.9 Å². The Morgan fingerprint density at radius 1 is 0.862 bits per heavy atom. The highest BCUT2D eigenvalue weighted by Crippen LogP contribution is 2.26. The van der Waals surface area contributed by atoms with Gasteiger partial charge in [-0.2, -0.15) is 0 Å². The van der Waals surface area contributed by atoms with E-state index in [9.17, 15) is 9.59 Å². The quantitative estimate of drug-likeness (QED) is 0.329. The number of ether oxygens (including phenoxy) is 3. The van der Waals surface area contributed by atoms with Crippen molar-refractivity contribution >= 4 is 11.9 Å². The SMILES string of the molecule is CCOC(=O)CCCOc1cccc(CCCCCCO)c1CCC(=O)OCC. The predicted molar refractivity (Wildman–Crippen MR) is 112 cm³/mol. The van der Waals surface area contributed by atoms with E-state index >= 15 is 0 Å². The Balaban J connectivity index is 2.71. The zero-order valence-electron chi connectivity index (χ0n) is 17.9. The Labute approximate surface area is 174 Å². The maximum Gasteiger partial charge on any atom is 0.306 e. The van der Waals surface area contributed by atoms with E-state index in [1.54, 1.807) is 13.8 Å². The van der Waals surface area contributed by atoms with Crippen LogP contribution in [-0.4, -0.2) is 43.5 Å². The smallest absolute Gasteiger partial charge is 0.306 e. The molecule has 6 heteroatoms. The minimum Gasteiger partial charge on any atom is -0.493 e. The first kappa shape index (κ1) is 25.0. The molecular weight excluding hydrogens is 372 g/mol. The third kappa shape index (κ3) is 10.9. The zero-order valence-corrected chi connectivity index (χ0v) is 17.9. The summed E-state index contributed by atoms with van der Waals surface area (Å²) in [4.78, 5) is 23.3. The molecule has 1 aromatic rings. The van der Waals surface area contributed by atoms with E-state index in [-0.39, 0.29) is 18.5 Å². The number of carbonyl (C=O) groups is 2. The van der Waals surface area contributed by atoms with Gasteiger partial charge < -0.3 is 19.3 Å². The molecule has 0 saturated heterocycles. The summed E-state index contributed by atoms with van der Waals surface area (Å²) in [5, 5.41) is 8.91. The van der Waals surface area contributed by atoms with E-state index in [0.717, 1.165) is 43.4 Å². The van der Waals surface area contributed by atoms with Crippen molar-refractivity contribution in [2.45, 2.75) is 71.6 Å². The van der Waals surface area contributed by atoms with E-state index in [1.807, 2.05) is 12.1 Å². The molecule has 0 aliphatic heterocycles. The lowest BCUT2D eigenvalue weighted by atomic mass is 9.97. The van der Waals surface area contributed by atoms with Crippen LogP contribution in [0.4, 0.5) is 0 Å². The number of benzene rings is 1. The molecule has 0 atom stereocenters. The maximum absolute atomic E-state index is 11.8. The highest BCUT2D eigenvalue weighted by molar-refractivity contribution is 5.70. The molecule has 1 aromatic carbocycles. The molecule has 0 bridgehead atoms. The summed E-state index contributed by atoms with van der Waals surface area (Å²) in [6.45, 7) is 5.02. The molecule has 0 aliphatic carbocycles. The number of aliphatic hydroxyl groups excluding tert-OH is 1. The van der Waals surface area contributed by atoms with Crippen molar-refractivity contribution in [3.05, 3.63) is 29.3 Å². The average molecular weight is 409 g/mol. The van der Waals surface area contributed by atoms with Crippen LogP contribution >= 0.6 is 0 Å². The molecule has 0 fully saturated rings. The number of aliphatic hydroxyl groups is 1. The number of rotatable bonds is 16. The Morgan fingerprint density at radius 2 is 1.55 bits per heavy atom. The number of carbonyl (C=O) groups excluding carboxylic acids is 2. The first-order valence-electron chi connectivity index (χ1n) is 10.8. The van der Waals surface area contributed by atoms with Gasteiger partial charge in [0.15, 0.2) is 0 Å². The molecule has 0 unspecified atom stereocenters. The van der Waals surface area contributed by atoms with E-state index < -0.39 is 0 Å². The first-order valence-corrected chi connectivity index (χ1v) is 10.8. The number of unbranched alkanes of at least 4 members (excludes halogenated alkanes) is 3. The second-order valence-electron chi connectivity index (χ2n) is 6.84. The van der Waals surface area contributed by atoms with Crippen LogP contribution in [0.25, 0.3) is 0 Å². The highest BCUT2D eigenvalue weighted by Gasteiger charge is 2.13. The van der Waals surface area contributed by atoms with E-state index in [0.29, 0.717) is 45.5 Å². The minimum atomic E-state index is -0.213. The predicted octanol–water partition coefficient (Wildman–Crippen LogP) is 4.00. The summed E-state index contributed by atoms with van der Waals surface area (Å²) in [5.41, 5.74) is 2.22. The number of hydrogen-bond donors (Lipinski definition) is 1. The van der Waals surface area contributed by atoms with Gasteiger partial charge in [-0.3, -0.25) is 9.59 Å². The van der Waals surface area contributed by atoms with Gasteiger partial charge in [0.25, 0.3) is 0 Å². The Morgan fingerprint density at radius 3 is 2.24 bits per heavy atom. The van der Waals surface area contributed by atoms with Gasteiger partial charge in [-0.05, 0) is 63.1 Å². The summed E-state index contributed by atoms with van der Waals surface area (Å²) in [6.07, 6.45) is 6.63. The van der Waals surface area contributed by atoms with E-state index in [4.69, 9.17) is 19.3 Å². The lowest BCUT2D eigenvalue weighted by Crippen LogP contribution is -2.10. The monoisotopic (exact) mass is 408 g/mol. The summed E-state index contributed by atoms with van der Waals surface area (Å²) in [5.74, 6) is 0.347. The Kier molecular flexibility index (Phi) is 13.6. The highest BCUT2D eigenvalue weighted by atomic mass is 16.5. The van der Waals surface area contributed by atoms with E-state index in [2.05, 4.69) is 6.07 Å². The van der Waals surface area contributed by atoms with Gasteiger partial charge in [-0.1, -0.05) is 25.0 Å². The third-order valence-electron chi connectivity index (χ3n) is 4.56. The normalized spacial score (nSPS) is 10.6. The molecule has 6 nitrogen and oxygen atoms in total. The fraction of sp³-hybridized carbons (Fsp3) is 0.652. The molecule has 0 aromatic heterocycles. The molecule has 164 valence electrons. The summed E-state index contributed by atoms with van der Waals surface area (Å²) in [7, 11) is 0. The van der Waals surface area contributed by atoms with Gasteiger partial charge in [0.1, 0.15) is 5.75 Å². The standard InChI is InChI=1S/C23H36O6/c1-3-27-22(25)14-10-18-29-21-13-9-12-19(11-7-5-6-8-17-24)20(21)15-16-23(26)28-4-2/h9,12-13,24H,3-8,10-11,14-18H2,1-2H3. The van der Waals surface area contributed by atoms with Crippen LogP contribution in [-0.2, 0) is 31.9 Å². The van der Waals surface area contributed by atoms with Crippen molar-refractivity contribution in [1.29, 1.82) is 0 Å². The number of aryl methyl sites for hydroxylation is 1. The van der Waals surface area contributed by atoms with Crippen molar-refractivity contribution in [3.8, 4) is 5.75 Å². The average Bonchev–Trinajstić information content (AvgIpc) is 2.70. The molecule has 0 saturated carbocycles. The minimum absolute atomic E-state index is 0.210. The molecule has 1 rings (SSSR count). The van der Waals surface area contributed by atoms with Crippen molar-refractivity contribution in [2.75, 3.05) is 26.4 Å². The Hall–Kier alpha value is -2.08. The largest absolute Gasteiger partial charge is 0.493 e. The number of esters is 2. The van der Waals surface area contributed by atoms with Gasteiger partial charge in [0.2, 0.25) is 0 Å². The molecule has 0 amide bonds. The van der Waals surface area contributed by atoms with Gasteiger partial charge in [-0.15, -0.1) is 0 Å². The second kappa shape index (κ2) is 15.8. The van der Waals surface area contributed by atoms with Crippen LogP contribution in [0.15, 0.2) is 18.2 Å². The van der Waals surface area contributed by atoms with Crippen molar-refractivity contribution in [3.63, 3.8) is 0 Å². The fourth-order valence-electron chi connectivity index (χ4n) is 3.14. The third-order valence-corrected chi connectivity index (χ3v) is 4.56. The molecule has 29 heavy (non-hydrogen) atoms. The molecule has 0 aliphatic rings. The van der Waals surface area contributed by atoms with Crippen molar-refractivity contribution < 1.29 is 28.9 Å². The molecule has 0 heterocycles. The summed E-state index contributed by atoms with van der Waals surface area (Å²) in [6, 6.07) is 5.97. The van der Waals surface area contributed by atoms with Crippen molar-refractivity contribution in [1.82, 2.24) is 0 Å². The zero-order chi connectivity index (χ0) is 21.3. The van der Waals surface area contributed by atoms with Crippen LogP contribution in [0, 0.1) is 0 Å². The summed E-state index contributed by atoms with van der Waals surface area (Å²) < 4.78 is 15.9. The molecule has 0 radical (unpaired) electrons. The molecular formula is C23H36O6. The lowest BCUT2D eigenvalue weighted by Gasteiger charge is -2.16. The van der Waals surface area contributed by atoms with Crippen LogP contribution in [0.5, 0.6) is 5.75 Å². The van der Waals surface area contributed by atoms with Crippen LogP contribution in [0.2, 0.25) is 0 Å². The van der Waals surface area contributed by atoms with Crippen LogP contribution in [0.3, 0.4) is 0 Å². The van der Waals surface area contributed by atoms with Gasteiger partial charge in [-0.25, -0.2) is 0 Å². The molecule has 1 N–H and O–H groups in total. The van der Waals surface area contributed by atoms with Crippen LogP contribution in [0.1, 0.15) is 69.9 Å². The second-order valence-corrected chi connectivity index (χ2v) is 6.84.